The lowest BCUT2D eigenvalue weighted by atomic mass is 9.98. The maximum absolute atomic E-state index is 10.8. The fourth-order valence-electron chi connectivity index (χ4n) is 2.24. The molecule has 4 heteroatoms. The minimum Gasteiger partial charge on any atom is -0.497 e. The molecule has 0 fully saturated rings. The van der Waals surface area contributed by atoms with Crippen LogP contribution in [0.25, 0.3) is 16.7 Å². The highest BCUT2D eigenvalue weighted by Gasteiger charge is 2.09. The van der Waals surface area contributed by atoms with Crippen LogP contribution < -0.4 is 9.47 Å². The second-order valence-corrected chi connectivity index (χ2v) is 4.81. The maximum atomic E-state index is 10.8. The SMILES string of the molecule is COc1cccc(-c2cc(/C(C)=C/C(=O)O)ccc2OC)c1. The summed E-state index contributed by atoms with van der Waals surface area (Å²) < 4.78 is 10.7. The van der Waals surface area contributed by atoms with E-state index in [0.29, 0.717) is 5.57 Å². The Labute approximate surface area is 129 Å². The van der Waals surface area contributed by atoms with Crippen molar-refractivity contribution in [3.63, 3.8) is 0 Å². The Morgan fingerprint density at radius 3 is 2.50 bits per heavy atom. The number of carboxylic acid groups (broad SMARTS) is 1. The maximum Gasteiger partial charge on any atom is 0.328 e. The van der Waals surface area contributed by atoms with Gasteiger partial charge in [-0.05, 0) is 47.9 Å². The number of hydrogen-bond donors (Lipinski definition) is 1. The van der Waals surface area contributed by atoms with Crippen LogP contribution in [0, 0.1) is 0 Å². The van der Waals surface area contributed by atoms with Gasteiger partial charge in [0.2, 0.25) is 0 Å². The number of carboxylic acids is 1. The van der Waals surface area contributed by atoms with Gasteiger partial charge in [0.1, 0.15) is 11.5 Å². The van der Waals surface area contributed by atoms with Crippen molar-refractivity contribution in [1.82, 2.24) is 0 Å². The van der Waals surface area contributed by atoms with Crippen molar-refractivity contribution in [2.45, 2.75) is 6.92 Å². The average Bonchev–Trinajstić information content (AvgIpc) is 2.53. The van der Waals surface area contributed by atoms with Gasteiger partial charge in [-0.3, -0.25) is 0 Å². The summed E-state index contributed by atoms with van der Waals surface area (Å²) in [5.74, 6) is 0.513. The van der Waals surface area contributed by atoms with Crippen molar-refractivity contribution in [3.8, 4) is 22.6 Å². The van der Waals surface area contributed by atoms with Crippen LogP contribution in [0.5, 0.6) is 11.5 Å². The third-order valence-corrected chi connectivity index (χ3v) is 3.38. The molecular formula is C18H18O4. The fourth-order valence-corrected chi connectivity index (χ4v) is 2.24. The summed E-state index contributed by atoms with van der Waals surface area (Å²) in [6.07, 6.45) is 1.19. The first kappa shape index (κ1) is 15.6. The molecule has 0 bridgehead atoms. The van der Waals surface area contributed by atoms with Gasteiger partial charge in [0, 0.05) is 11.6 Å². The van der Waals surface area contributed by atoms with Gasteiger partial charge in [-0.25, -0.2) is 4.79 Å². The summed E-state index contributed by atoms with van der Waals surface area (Å²) in [4.78, 5) is 10.8. The highest BCUT2D eigenvalue weighted by Crippen LogP contribution is 2.34. The highest BCUT2D eigenvalue weighted by molar-refractivity contribution is 5.90. The molecule has 0 heterocycles. The Morgan fingerprint density at radius 1 is 1.09 bits per heavy atom. The molecule has 1 N–H and O–H groups in total. The quantitative estimate of drug-likeness (QED) is 0.852. The molecule has 2 aromatic rings. The van der Waals surface area contributed by atoms with Crippen LogP contribution in [0.4, 0.5) is 0 Å². The number of hydrogen-bond acceptors (Lipinski definition) is 3. The van der Waals surface area contributed by atoms with E-state index >= 15 is 0 Å². The molecule has 0 aliphatic carbocycles. The molecule has 0 spiro atoms. The molecule has 114 valence electrons. The van der Waals surface area contributed by atoms with E-state index in [1.54, 1.807) is 21.1 Å². The summed E-state index contributed by atoms with van der Waals surface area (Å²) in [6, 6.07) is 13.2. The lowest BCUT2D eigenvalue weighted by Gasteiger charge is -2.12. The average molecular weight is 298 g/mol. The van der Waals surface area contributed by atoms with Gasteiger partial charge < -0.3 is 14.6 Å². The lowest BCUT2D eigenvalue weighted by molar-refractivity contribution is -0.131. The molecule has 0 saturated carbocycles. The first-order valence-corrected chi connectivity index (χ1v) is 6.79. The zero-order valence-corrected chi connectivity index (χ0v) is 12.8. The number of ether oxygens (including phenoxy) is 2. The molecule has 0 aliphatic heterocycles. The monoisotopic (exact) mass is 298 g/mol. The molecule has 0 saturated heterocycles. The third-order valence-electron chi connectivity index (χ3n) is 3.38. The normalized spacial score (nSPS) is 11.1. The van der Waals surface area contributed by atoms with Crippen LogP contribution in [-0.4, -0.2) is 25.3 Å². The molecule has 2 aromatic carbocycles. The number of aliphatic carboxylic acids is 1. The van der Waals surface area contributed by atoms with Crippen LogP contribution in [0.3, 0.4) is 0 Å². The predicted molar refractivity (Wildman–Crippen MR) is 86.3 cm³/mol. The number of allylic oxidation sites excluding steroid dienone is 1. The van der Waals surface area contributed by atoms with Crippen LogP contribution in [0.2, 0.25) is 0 Å². The Bertz CT molecular complexity index is 717. The van der Waals surface area contributed by atoms with Gasteiger partial charge in [0.15, 0.2) is 0 Å². The number of carbonyl (C=O) groups is 1. The van der Waals surface area contributed by atoms with E-state index in [-0.39, 0.29) is 0 Å². The standard InChI is InChI=1S/C18H18O4/c1-12(9-18(19)20)13-7-8-17(22-3)16(11-13)14-5-4-6-15(10-14)21-2/h4-11H,1-3H3,(H,19,20)/b12-9+. The van der Waals surface area contributed by atoms with Crippen molar-refractivity contribution >= 4 is 11.5 Å². The molecule has 0 unspecified atom stereocenters. The molecule has 0 atom stereocenters. The molecule has 4 nitrogen and oxygen atoms in total. The fraction of sp³-hybridized carbons (Fsp3) is 0.167. The molecule has 0 aromatic heterocycles. The van der Waals surface area contributed by atoms with Crippen molar-refractivity contribution in [3.05, 3.63) is 54.1 Å². The molecular weight excluding hydrogens is 280 g/mol. The van der Waals surface area contributed by atoms with Gasteiger partial charge in [0.05, 0.1) is 14.2 Å². The van der Waals surface area contributed by atoms with E-state index < -0.39 is 5.97 Å². The predicted octanol–water partition coefficient (Wildman–Crippen LogP) is 3.86. The van der Waals surface area contributed by atoms with Crippen LogP contribution in [0.1, 0.15) is 12.5 Å². The van der Waals surface area contributed by atoms with Crippen LogP contribution >= 0.6 is 0 Å². The first-order valence-electron chi connectivity index (χ1n) is 6.79. The number of benzene rings is 2. The molecule has 0 radical (unpaired) electrons. The lowest BCUT2D eigenvalue weighted by Crippen LogP contribution is -1.93. The van der Waals surface area contributed by atoms with Gasteiger partial charge in [-0.15, -0.1) is 0 Å². The summed E-state index contributed by atoms with van der Waals surface area (Å²) in [5, 5.41) is 8.88. The summed E-state index contributed by atoms with van der Waals surface area (Å²) >= 11 is 0. The van der Waals surface area contributed by atoms with E-state index in [1.807, 2.05) is 42.5 Å². The Balaban J connectivity index is 2.55. The summed E-state index contributed by atoms with van der Waals surface area (Å²) in [6.45, 7) is 1.77. The van der Waals surface area contributed by atoms with E-state index in [2.05, 4.69) is 0 Å². The van der Waals surface area contributed by atoms with Crippen molar-refractivity contribution in [2.24, 2.45) is 0 Å². The minimum absolute atomic E-state index is 0.680. The summed E-state index contributed by atoms with van der Waals surface area (Å²) in [7, 11) is 3.23. The second-order valence-electron chi connectivity index (χ2n) is 4.81. The van der Waals surface area contributed by atoms with Gasteiger partial charge >= 0.3 is 5.97 Å². The molecule has 0 aliphatic rings. The van der Waals surface area contributed by atoms with E-state index in [1.165, 1.54) is 6.08 Å². The third kappa shape index (κ3) is 3.47. The summed E-state index contributed by atoms with van der Waals surface area (Å²) in [5.41, 5.74) is 3.35. The van der Waals surface area contributed by atoms with Crippen LogP contribution in [0.15, 0.2) is 48.5 Å². The van der Waals surface area contributed by atoms with Gasteiger partial charge in [-0.2, -0.15) is 0 Å². The Hall–Kier alpha value is -2.75. The highest BCUT2D eigenvalue weighted by atomic mass is 16.5. The number of rotatable bonds is 5. The van der Waals surface area contributed by atoms with Gasteiger partial charge in [-0.1, -0.05) is 18.2 Å². The van der Waals surface area contributed by atoms with E-state index in [4.69, 9.17) is 14.6 Å². The van der Waals surface area contributed by atoms with Crippen molar-refractivity contribution < 1.29 is 19.4 Å². The topological polar surface area (TPSA) is 55.8 Å². The first-order chi connectivity index (χ1) is 10.5. The van der Waals surface area contributed by atoms with E-state index in [9.17, 15) is 4.79 Å². The largest absolute Gasteiger partial charge is 0.497 e. The van der Waals surface area contributed by atoms with Gasteiger partial charge in [0.25, 0.3) is 0 Å². The molecule has 0 amide bonds. The van der Waals surface area contributed by atoms with Crippen LogP contribution in [-0.2, 0) is 4.79 Å². The van der Waals surface area contributed by atoms with E-state index in [0.717, 1.165) is 28.2 Å². The zero-order valence-electron chi connectivity index (χ0n) is 12.8. The zero-order chi connectivity index (χ0) is 16.1. The van der Waals surface area contributed by atoms with Crippen molar-refractivity contribution in [1.29, 1.82) is 0 Å². The number of methoxy groups -OCH3 is 2. The minimum atomic E-state index is -0.962. The smallest absolute Gasteiger partial charge is 0.328 e. The molecule has 22 heavy (non-hydrogen) atoms. The second kappa shape index (κ2) is 6.80. The van der Waals surface area contributed by atoms with Crippen molar-refractivity contribution in [2.75, 3.05) is 14.2 Å². The Kier molecular flexibility index (Phi) is 4.84. The Morgan fingerprint density at radius 2 is 1.86 bits per heavy atom. The molecule has 2 rings (SSSR count).